The van der Waals surface area contributed by atoms with Gasteiger partial charge in [-0.15, -0.1) is 22.6 Å². The highest BCUT2D eigenvalue weighted by atomic mass is 35.5. The molecule has 9 nitrogen and oxygen atoms in total. The highest BCUT2D eigenvalue weighted by Crippen LogP contribution is 2.34. The summed E-state index contributed by atoms with van der Waals surface area (Å²) in [6, 6.07) is 4.72. The molecule has 11 heteroatoms. The zero-order valence-corrected chi connectivity index (χ0v) is 16.6. The maximum absolute atomic E-state index is 12.8. The molecule has 0 aliphatic carbocycles. The summed E-state index contributed by atoms with van der Waals surface area (Å²) in [6.07, 6.45) is 3.29. The number of carbonyl (C=O) groups excluding carboxylic acids is 1. The Morgan fingerprint density at radius 3 is 2.70 bits per heavy atom. The molecule has 1 aromatic heterocycles. The van der Waals surface area contributed by atoms with Gasteiger partial charge in [-0.1, -0.05) is 0 Å². The van der Waals surface area contributed by atoms with Crippen molar-refractivity contribution < 1.29 is 9.72 Å². The molecule has 146 valence electrons. The molecule has 2 aromatic rings. The summed E-state index contributed by atoms with van der Waals surface area (Å²) in [5, 5.41) is 23.0. The van der Waals surface area contributed by atoms with E-state index in [1.165, 1.54) is 12.4 Å². The Balaban J connectivity index is 0.00000261. The molecule has 1 aliphatic heterocycles. The van der Waals surface area contributed by atoms with E-state index in [0.717, 1.165) is 37.7 Å². The van der Waals surface area contributed by atoms with Crippen molar-refractivity contribution in [1.82, 2.24) is 25.0 Å². The number of aryl methyl sites for hydroxylation is 1. The minimum atomic E-state index is -0.472. The van der Waals surface area contributed by atoms with E-state index in [1.807, 2.05) is 0 Å². The minimum absolute atomic E-state index is 0. The lowest BCUT2D eigenvalue weighted by Gasteiger charge is -2.31. The molecule has 1 fully saturated rings. The summed E-state index contributed by atoms with van der Waals surface area (Å²) >= 11 is 1.15. The molecule has 1 N–H and O–H groups in total. The first-order valence-electron chi connectivity index (χ1n) is 8.25. The number of halogens is 1. The fourth-order valence-electron chi connectivity index (χ4n) is 2.91. The van der Waals surface area contributed by atoms with Gasteiger partial charge in [0.2, 0.25) is 0 Å². The first kappa shape index (κ1) is 21.1. The van der Waals surface area contributed by atoms with Crippen molar-refractivity contribution >= 4 is 35.8 Å². The average molecular weight is 413 g/mol. The van der Waals surface area contributed by atoms with Gasteiger partial charge < -0.3 is 14.8 Å². The van der Waals surface area contributed by atoms with Gasteiger partial charge in [-0.2, -0.15) is 0 Å². The normalized spacial score (nSPS) is 14.4. The third-order valence-corrected chi connectivity index (χ3v) is 5.57. The van der Waals surface area contributed by atoms with E-state index >= 15 is 0 Å². The number of hydrogen-bond donors (Lipinski definition) is 1. The van der Waals surface area contributed by atoms with Gasteiger partial charge in [0.25, 0.3) is 11.6 Å². The molecule has 0 unspecified atom stereocenters. The second-order valence-electron chi connectivity index (χ2n) is 6.16. The number of aromatic nitrogens is 3. The number of nitro benzene ring substituents is 1. The molecule has 0 saturated carbocycles. The lowest BCUT2D eigenvalue weighted by atomic mass is 10.0. The zero-order chi connectivity index (χ0) is 18.7. The Morgan fingerprint density at radius 1 is 1.41 bits per heavy atom. The SMILES string of the molecule is CN(C(=O)c1ccc(Sc2nncn2C)c([N+](=O)[O-])c1)C1CCNCC1.Cl. The van der Waals surface area contributed by atoms with E-state index < -0.39 is 4.92 Å². The minimum Gasteiger partial charge on any atom is -0.339 e. The van der Waals surface area contributed by atoms with Crippen LogP contribution in [0.5, 0.6) is 0 Å². The Bertz CT molecular complexity index is 824. The average Bonchev–Trinajstić information content (AvgIpc) is 3.06. The largest absolute Gasteiger partial charge is 0.339 e. The molecule has 0 radical (unpaired) electrons. The van der Waals surface area contributed by atoms with Gasteiger partial charge in [0, 0.05) is 31.8 Å². The van der Waals surface area contributed by atoms with E-state index in [2.05, 4.69) is 15.5 Å². The molecular weight excluding hydrogens is 392 g/mol. The fourth-order valence-corrected chi connectivity index (χ4v) is 3.76. The first-order valence-corrected chi connectivity index (χ1v) is 9.07. The van der Waals surface area contributed by atoms with Gasteiger partial charge in [-0.05, 0) is 49.8 Å². The summed E-state index contributed by atoms with van der Waals surface area (Å²) < 4.78 is 1.68. The quantitative estimate of drug-likeness (QED) is 0.592. The fraction of sp³-hybridized carbons (Fsp3) is 0.438. The summed E-state index contributed by atoms with van der Waals surface area (Å²) in [5.74, 6) is -0.199. The third-order valence-electron chi connectivity index (χ3n) is 4.45. The summed E-state index contributed by atoms with van der Waals surface area (Å²) in [5.41, 5.74) is 0.211. The lowest BCUT2D eigenvalue weighted by Crippen LogP contribution is -2.43. The summed E-state index contributed by atoms with van der Waals surface area (Å²) in [4.78, 5) is 25.9. The Morgan fingerprint density at radius 2 is 2.11 bits per heavy atom. The molecular formula is C16H21ClN6O3S. The maximum Gasteiger partial charge on any atom is 0.284 e. The summed E-state index contributed by atoms with van der Waals surface area (Å²) in [7, 11) is 3.52. The number of rotatable bonds is 5. The van der Waals surface area contributed by atoms with Gasteiger partial charge in [-0.3, -0.25) is 14.9 Å². The number of hydrogen-bond acceptors (Lipinski definition) is 7. The van der Waals surface area contributed by atoms with Gasteiger partial charge >= 0.3 is 0 Å². The van der Waals surface area contributed by atoms with Crippen molar-refractivity contribution in [3.8, 4) is 0 Å². The summed E-state index contributed by atoms with van der Waals surface area (Å²) in [6.45, 7) is 1.74. The molecule has 0 spiro atoms. The molecule has 2 heterocycles. The highest BCUT2D eigenvalue weighted by Gasteiger charge is 2.25. The highest BCUT2D eigenvalue weighted by molar-refractivity contribution is 7.99. The maximum atomic E-state index is 12.8. The zero-order valence-electron chi connectivity index (χ0n) is 15.0. The molecule has 3 rings (SSSR count). The molecule has 1 aromatic carbocycles. The molecule has 1 amide bonds. The Kier molecular flexibility index (Phi) is 7.17. The predicted molar refractivity (Wildman–Crippen MR) is 103 cm³/mol. The van der Waals surface area contributed by atoms with E-state index in [-0.39, 0.29) is 30.0 Å². The Labute approximate surface area is 167 Å². The van der Waals surface area contributed by atoms with Crippen LogP contribution in [0.4, 0.5) is 5.69 Å². The van der Waals surface area contributed by atoms with Gasteiger partial charge in [0.05, 0.1) is 9.82 Å². The van der Waals surface area contributed by atoms with Crippen LogP contribution in [0.25, 0.3) is 0 Å². The topological polar surface area (TPSA) is 106 Å². The van der Waals surface area contributed by atoms with E-state index in [1.54, 1.807) is 35.7 Å². The standard InChI is InChI=1S/C16H20N6O3S.ClH/c1-20-10-18-19-16(20)26-14-4-3-11(9-13(14)22(24)25)15(23)21(2)12-5-7-17-8-6-12;/h3-4,9-10,12,17H,5-8H2,1-2H3;1H. The van der Waals surface area contributed by atoms with Crippen LogP contribution in [0.15, 0.2) is 34.6 Å². The lowest BCUT2D eigenvalue weighted by molar-refractivity contribution is -0.387. The van der Waals surface area contributed by atoms with Crippen molar-refractivity contribution in [2.24, 2.45) is 7.05 Å². The van der Waals surface area contributed by atoms with Crippen LogP contribution in [0.3, 0.4) is 0 Å². The van der Waals surface area contributed by atoms with Gasteiger partial charge in [-0.25, -0.2) is 0 Å². The van der Waals surface area contributed by atoms with Crippen LogP contribution in [0.2, 0.25) is 0 Å². The Hall–Kier alpha value is -2.17. The van der Waals surface area contributed by atoms with E-state index in [4.69, 9.17) is 0 Å². The number of carbonyl (C=O) groups is 1. The van der Waals surface area contributed by atoms with Crippen molar-refractivity contribution in [2.75, 3.05) is 20.1 Å². The third kappa shape index (κ3) is 4.76. The van der Waals surface area contributed by atoms with Crippen molar-refractivity contribution in [2.45, 2.75) is 28.9 Å². The molecule has 0 bridgehead atoms. The van der Waals surface area contributed by atoms with E-state index in [9.17, 15) is 14.9 Å². The number of nitrogens with zero attached hydrogens (tertiary/aromatic N) is 5. The van der Waals surface area contributed by atoms with Crippen molar-refractivity contribution in [1.29, 1.82) is 0 Å². The molecule has 27 heavy (non-hydrogen) atoms. The predicted octanol–water partition coefficient (Wildman–Crippen LogP) is 2.12. The number of nitrogens with one attached hydrogen (secondary N) is 1. The van der Waals surface area contributed by atoms with Crippen molar-refractivity contribution in [3.05, 3.63) is 40.2 Å². The number of benzene rings is 1. The monoisotopic (exact) mass is 412 g/mol. The first-order chi connectivity index (χ1) is 12.5. The van der Waals surface area contributed by atoms with Crippen LogP contribution in [0.1, 0.15) is 23.2 Å². The van der Waals surface area contributed by atoms with Crippen molar-refractivity contribution in [3.63, 3.8) is 0 Å². The van der Waals surface area contributed by atoms with Crippen LogP contribution >= 0.6 is 24.2 Å². The second kappa shape index (κ2) is 9.16. The second-order valence-corrected chi connectivity index (χ2v) is 7.17. The molecule has 0 atom stereocenters. The van der Waals surface area contributed by atoms with Gasteiger partial charge in [0.1, 0.15) is 6.33 Å². The van der Waals surface area contributed by atoms with Crippen LogP contribution in [-0.2, 0) is 7.05 Å². The molecule has 1 saturated heterocycles. The smallest absolute Gasteiger partial charge is 0.284 e. The van der Waals surface area contributed by atoms with E-state index in [0.29, 0.717) is 15.6 Å². The van der Waals surface area contributed by atoms with Gasteiger partial charge in [0.15, 0.2) is 5.16 Å². The number of nitro groups is 1. The molecule has 1 aliphatic rings. The van der Waals surface area contributed by atoms with Crippen LogP contribution in [0, 0.1) is 10.1 Å². The number of piperidine rings is 1. The number of amides is 1. The van der Waals surface area contributed by atoms with Crippen LogP contribution in [-0.4, -0.2) is 56.7 Å². The van der Waals surface area contributed by atoms with Crippen LogP contribution < -0.4 is 5.32 Å².